The number of carbonyl (C=O) groups is 3. The maximum Gasteiger partial charge on any atom is 0.329 e. The molecule has 1 aliphatic rings. The molecule has 3 aromatic carbocycles. The van der Waals surface area contributed by atoms with Crippen LogP contribution in [0.25, 0.3) is 6.08 Å². The largest absolute Gasteiger partial charge is 0.482 e. The summed E-state index contributed by atoms with van der Waals surface area (Å²) in [5.41, 5.74) is 1.60. The zero-order valence-corrected chi connectivity index (χ0v) is 18.8. The zero-order valence-electron chi connectivity index (χ0n) is 18.1. The summed E-state index contributed by atoms with van der Waals surface area (Å²) in [6.07, 6.45) is 1.46. The summed E-state index contributed by atoms with van der Waals surface area (Å²) in [4.78, 5) is 38.0. The Morgan fingerprint density at radius 1 is 1.00 bits per heavy atom. The number of rotatable bonds is 7. The van der Waals surface area contributed by atoms with Crippen LogP contribution in [0, 0.1) is 11.6 Å². The quantitative estimate of drug-likeness (QED) is 0.365. The fourth-order valence-electron chi connectivity index (χ4n) is 3.25. The van der Waals surface area contributed by atoms with Crippen molar-refractivity contribution in [2.24, 2.45) is 0 Å². The van der Waals surface area contributed by atoms with Gasteiger partial charge in [0.1, 0.15) is 23.1 Å². The number of urea groups is 1. The highest BCUT2D eigenvalue weighted by Gasteiger charge is 2.33. The van der Waals surface area contributed by atoms with Gasteiger partial charge in [-0.05, 0) is 65.7 Å². The molecule has 1 fully saturated rings. The normalized spacial score (nSPS) is 14.3. The molecule has 4 rings (SSSR count). The van der Waals surface area contributed by atoms with Crippen LogP contribution in [-0.4, -0.2) is 29.4 Å². The lowest BCUT2D eigenvalue weighted by Gasteiger charge is -2.11. The van der Waals surface area contributed by atoms with E-state index in [2.05, 4.69) is 10.6 Å². The van der Waals surface area contributed by atoms with Crippen molar-refractivity contribution >= 4 is 41.2 Å². The lowest BCUT2D eigenvalue weighted by Crippen LogP contribution is -2.30. The zero-order chi connectivity index (χ0) is 24.9. The molecule has 1 saturated heterocycles. The van der Waals surface area contributed by atoms with E-state index < -0.39 is 29.5 Å². The van der Waals surface area contributed by atoms with Crippen molar-refractivity contribution in [3.05, 3.63) is 100 Å². The van der Waals surface area contributed by atoms with Gasteiger partial charge in [-0.3, -0.25) is 14.5 Å². The van der Waals surface area contributed by atoms with Crippen LogP contribution in [0.3, 0.4) is 0 Å². The van der Waals surface area contributed by atoms with Gasteiger partial charge in [0.25, 0.3) is 11.8 Å². The van der Waals surface area contributed by atoms with Gasteiger partial charge >= 0.3 is 6.03 Å². The average Bonchev–Trinajstić information content (AvgIpc) is 3.08. The smallest absolute Gasteiger partial charge is 0.329 e. The molecule has 178 valence electrons. The number of nitrogens with zero attached hydrogens (tertiary/aromatic N) is 1. The predicted octanol–water partition coefficient (Wildman–Crippen LogP) is 4.73. The third-order valence-corrected chi connectivity index (χ3v) is 5.27. The molecule has 0 radical (unpaired) electrons. The highest BCUT2D eigenvalue weighted by atomic mass is 35.5. The summed E-state index contributed by atoms with van der Waals surface area (Å²) in [6, 6.07) is 14.8. The van der Waals surface area contributed by atoms with Gasteiger partial charge in [-0.2, -0.15) is 0 Å². The lowest BCUT2D eigenvalue weighted by molar-refractivity contribution is -0.123. The molecule has 1 heterocycles. The topological polar surface area (TPSA) is 87.7 Å². The fourth-order valence-corrected chi connectivity index (χ4v) is 3.50. The molecule has 3 aromatic rings. The first-order valence-corrected chi connectivity index (χ1v) is 10.7. The summed E-state index contributed by atoms with van der Waals surface area (Å²) in [7, 11) is 0. The van der Waals surface area contributed by atoms with Crippen LogP contribution in [-0.2, 0) is 16.1 Å². The maximum absolute atomic E-state index is 13.1. The minimum Gasteiger partial charge on any atom is -0.482 e. The molecule has 0 spiro atoms. The molecule has 35 heavy (non-hydrogen) atoms. The minimum atomic E-state index is -0.594. The molecule has 0 unspecified atom stereocenters. The second-order valence-corrected chi connectivity index (χ2v) is 7.95. The Hall–Kier alpha value is -4.24. The first kappa shape index (κ1) is 23.9. The second-order valence-electron chi connectivity index (χ2n) is 7.54. The Kier molecular flexibility index (Phi) is 7.07. The first-order valence-electron chi connectivity index (χ1n) is 10.4. The Morgan fingerprint density at radius 3 is 2.31 bits per heavy atom. The number of carbonyl (C=O) groups excluding carboxylic acids is 3. The molecule has 7 nitrogen and oxygen atoms in total. The summed E-state index contributed by atoms with van der Waals surface area (Å²) in [6.45, 7) is -0.333. The highest BCUT2D eigenvalue weighted by Crippen LogP contribution is 2.27. The number of hydrogen-bond donors (Lipinski definition) is 2. The molecule has 0 aromatic heterocycles. The monoisotopic (exact) mass is 497 g/mol. The van der Waals surface area contributed by atoms with E-state index >= 15 is 0 Å². The van der Waals surface area contributed by atoms with E-state index in [1.165, 1.54) is 66.7 Å². The Balaban J connectivity index is 1.37. The third kappa shape index (κ3) is 6.01. The number of nitrogens with one attached hydrogen (secondary N) is 2. The molecular weight excluding hydrogens is 480 g/mol. The van der Waals surface area contributed by atoms with Crippen LogP contribution < -0.4 is 15.4 Å². The standard InChI is InChI=1S/C25H18ClF2N3O4/c26-20-11-16(3-10-22(20)35-14-23(32)29-19-8-6-18(28)7-9-19)12-21-24(33)31(25(34)30-21)13-15-1-4-17(27)5-2-15/h1-12H,13-14H2,(H,29,32)(H,30,34)/b21-12+. The molecule has 2 N–H and O–H groups in total. The van der Waals surface area contributed by atoms with Crippen LogP contribution in [0.5, 0.6) is 5.75 Å². The van der Waals surface area contributed by atoms with Crippen LogP contribution in [0.4, 0.5) is 19.3 Å². The van der Waals surface area contributed by atoms with E-state index in [1.807, 2.05) is 0 Å². The number of amides is 4. The maximum atomic E-state index is 13.1. The van der Waals surface area contributed by atoms with Crippen LogP contribution in [0.1, 0.15) is 11.1 Å². The number of benzene rings is 3. The minimum absolute atomic E-state index is 0.00416. The summed E-state index contributed by atoms with van der Waals surface area (Å²) in [5.74, 6) is -1.58. The first-order chi connectivity index (χ1) is 16.8. The SMILES string of the molecule is O=C(COc1ccc(/C=C2/NC(=O)N(Cc3ccc(F)cc3)C2=O)cc1Cl)Nc1ccc(F)cc1. The number of halogens is 3. The Labute approximate surface area is 203 Å². The van der Waals surface area contributed by atoms with Gasteiger partial charge < -0.3 is 15.4 Å². The molecule has 10 heteroatoms. The fraction of sp³-hybridized carbons (Fsp3) is 0.0800. The van der Waals surface area contributed by atoms with Gasteiger partial charge in [-0.1, -0.05) is 29.8 Å². The predicted molar refractivity (Wildman–Crippen MR) is 125 cm³/mol. The van der Waals surface area contributed by atoms with E-state index in [1.54, 1.807) is 6.07 Å². The van der Waals surface area contributed by atoms with Crippen molar-refractivity contribution in [2.75, 3.05) is 11.9 Å². The number of hydrogen-bond acceptors (Lipinski definition) is 4. The van der Waals surface area contributed by atoms with Gasteiger partial charge in [0, 0.05) is 5.69 Å². The van der Waals surface area contributed by atoms with Crippen molar-refractivity contribution in [1.29, 1.82) is 0 Å². The molecule has 0 bridgehead atoms. The molecule has 1 aliphatic heterocycles. The second kappa shape index (κ2) is 10.4. The van der Waals surface area contributed by atoms with Gasteiger partial charge in [-0.25, -0.2) is 13.6 Å². The highest BCUT2D eigenvalue weighted by molar-refractivity contribution is 6.32. The Bertz CT molecular complexity index is 1310. The van der Waals surface area contributed by atoms with E-state index in [-0.39, 0.29) is 29.6 Å². The van der Waals surface area contributed by atoms with Gasteiger partial charge in [0.2, 0.25) is 0 Å². The van der Waals surface area contributed by atoms with Crippen LogP contribution in [0.15, 0.2) is 72.4 Å². The Morgan fingerprint density at radius 2 is 1.66 bits per heavy atom. The molecule has 0 saturated carbocycles. The molecule has 0 aliphatic carbocycles. The van der Waals surface area contributed by atoms with Gasteiger partial charge in [-0.15, -0.1) is 0 Å². The number of imide groups is 1. The summed E-state index contributed by atoms with van der Waals surface area (Å²) < 4.78 is 31.5. The van der Waals surface area contributed by atoms with E-state index in [9.17, 15) is 23.2 Å². The van der Waals surface area contributed by atoms with Gasteiger partial charge in [0.05, 0.1) is 11.6 Å². The summed E-state index contributed by atoms with van der Waals surface area (Å²) in [5, 5.41) is 5.26. The van der Waals surface area contributed by atoms with Crippen LogP contribution >= 0.6 is 11.6 Å². The number of ether oxygens (including phenoxy) is 1. The van der Waals surface area contributed by atoms with E-state index in [4.69, 9.17) is 16.3 Å². The van der Waals surface area contributed by atoms with Crippen molar-refractivity contribution in [3.8, 4) is 5.75 Å². The molecular formula is C25H18ClF2N3O4. The van der Waals surface area contributed by atoms with Gasteiger partial charge in [0.15, 0.2) is 6.61 Å². The van der Waals surface area contributed by atoms with E-state index in [0.29, 0.717) is 16.8 Å². The van der Waals surface area contributed by atoms with Crippen molar-refractivity contribution in [1.82, 2.24) is 10.2 Å². The molecule has 0 atom stereocenters. The molecule has 4 amide bonds. The summed E-state index contributed by atoms with van der Waals surface area (Å²) >= 11 is 6.25. The van der Waals surface area contributed by atoms with Crippen molar-refractivity contribution < 1.29 is 27.9 Å². The number of anilines is 1. The van der Waals surface area contributed by atoms with Crippen molar-refractivity contribution in [3.63, 3.8) is 0 Å². The third-order valence-electron chi connectivity index (χ3n) is 4.97. The van der Waals surface area contributed by atoms with Crippen LogP contribution in [0.2, 0.25) is 5.02 Å². The van der Waals surface area contributed by atoms with Crippen molar-refractivity contribution in [2.45, 2.75) is 6.54 Å². The van der Waals surface area contributed by atoms with E-state index in [0.717, 1.165) is 4.90 Å². The lowest BCUT2D eigenvalue weighted by atomic mass is 10.1. The average molecular weight is 498 g/mol.